The van der Waals surface area contributed by atoms with E-state index in [0.717, 1.165) is 18.7 Å². The fourth-order valence-electron chi connectivity index (χ4n) is 2.33. The van der Waals surface area contributed by atoms with E-state index in [0.29, 0.717) is 6.04 Å². The Kier molecular flexibility index (Phi) is 6.80. The van der Waals surface area contributed by atoms with E-state index in [2.05, 4.69) is 24.3 Å². The zero-order valence-corrected chi connectivity index (χ0v) is 12.2. The molecule has 1 atom stereocenters. The van der Waals surface area contributed by atoms with Gasteiger partial charge in [-0.15, -0.1) is 0 Å². The van der Waals surface area contributed by atoms with E-state index in [4.69, 9.17) is 4.74 Å². The minimum absolute atomic E-state index is 0.333. The minimum Gasteiger partial charge on any atom is -0.493 e. The first-order valence-electron chi connectivity index (χ1n) is 7.05. The van der Waals surface area contributed by atoms with Gasteiger partial charge in [-0.1, -0.05) is 32.6 Å². The van der Waals surface area contributed by atoms with Gasteiger partial charge >= 0.3 is 0 Å². The van der Waals surface area contributed by atoms with Crippen molar-refractivity contribution in [1.29, 1.82) is 0 Å². The zero-order chi connectivity index (χ0) is 13.4. The van der Waals surface area contributed by atoms with Crippen molar-refractivity contribution in [1.82, 2.24) is 15.1 Å². The maximum Gasteiger partial charge on any atom is 0.161 e. The summed E-state index contributed by atoms with van der Waals surface area (Å²) in [4.78, 5) is 0. The molecular weight excluding hydrogens is 226 g/mol. The van der Waals surface area contributed by atoms with Gasteiger partial charge in [0.15, 0.2) is 5.75 Å². The first-order valence-corrected chi connectivity index (χ1v) is 7.05. The van der Waals surface area contributed by atoms with Crippen LogP contribution in [0.25, 0.3) is 0 Å². The standard InChI is InChI=1S/C14H27N3O/c1-5-7-8-9-10-12(15-3)14-13(18-4)11-16-17(14)6-2/h11-12,15H,5-10H2,1-4H3. The van der Waals surface area contributed by atoms with E-state index in [1.54, 1.807) is 7.11 Å². The van der Waals surface area contributed by atoms with Crippen molar-refractivity contribution in [3.63, 3.8) is 0 Å². The molecule has 1 N–H and O–H groups in total. The molecule has 18 heavy (non-hydrogen) atoms. The molecule has 1 aromatic heterocycles. The highest BCUT2D eigenvalue weighted by molar-refractivity contribution is 5.28. The Morgan fingerprint density at radius 3 is 2.67 bits per heavy atom. The van der Waals surface area contributed by atoms with Crippen molar-refractivity contribution in [2.24, 2.45) is 0 Å². The lowest BCUT2D eigenvalue weighted by Crippen LogP contribution is -2.21. The van der Waals surface area contributed by atoms with Gasteiger partial charge in [0.1, 0.15) is 0 Å². The molecule has 0 aliphatic carbocycles. The summed E-state index contributed by atoms with van der Waals surface area (Å²) >= 11 is 0. The second-order valence-corrected chi connectivity index (χ2v) is 4.60. The SMILES string of the molecule is CCCCCCC(NC)c1c(OC)cnn1CC. The van der Waals surface area contributed by atoms with Crippen LogP contribution in [0.2, 0.25) is 0 Å². The molecular formula is C14H27N3O. The highest BCUT2D eigenvalue weighted by Crippen LogP contribution is 2.28. The van der Waals surface area contributed by atoms with Crippen LogP contribution in [-0.4, -0.2) is 23.9 Å². The molecule has 0 bridgehead atoms. The predicted molar refractivity (Wildman–Crippen MR) is 75.0 cm³/mol. The predicted octanol–water partition coefficient (Wildman–Crippen LogP) is 3.14. The average Bonchev–Trinajstić information content (AvgIpc) is 2.82. The molecule has 104 valence electrons. The van der Waals surface area contributed by atoms with Crippen molar-refractivity contribution in [3.8, 4) is 5.75 Å². The Hall–Kier alpha value is -1.03. The van der Waals surface area contributed by atoms with Gasteiger partial charge in [-0.05, 0) is 20.4 Å². The lowest BCUT2D eigenvalue weighted by Gasteiger charge is -2.18. The molecule has 0 aliphatic heterocycles. The van der Waals surface area contributed by atoms with Gasteiger partial charge in [-0.3, -0.25) is 4.68 Å². The summed E-state index contributed by atoms with van der Waals surface area (Å²) < 4.78 is 7.44. The van der Waals surface area contributed by atoms with Gasteiger partial charge in [-0.2, -0.15) is 5.10 Å². The van der Waals surface area contributed by atoms with Crippen LogP contribution in [0.15, 0.2) is 6.20 Å². The van der Waals surface area contributed by atoms with Crippen molar-refractivity contribution in [3.05, 3.63) is 11.9 Å². The monoisotopic (exact) mass is 253 g/mol. The van der Waals surface area contributed by atoms with E-state index in [-0.39, 0.29) is 0 Å². The summed E-state index contributed by atoms with van der Waals surface area (Å²) in [6.45, 7) is 5.23. The van der Waals surface area contributed by atoms with E-state index >= 15 is 0 Å². The van der Waals surface area contributed by atoms with Crippen LogP contribution in [0.5, 0.6) is 5.75 Å². The second kappa shape index (κ2) is 8.14. The van der Waals surface area contributed by atoms with Gasteiger partial charge < -0.3 is 10.1 Å². The molecule has 0 fully saturated rings. The van der Waals surface area contributed by atoms with Crippen LogP contribution in [0.3, 0.4) is 0 Å². The molecule has 1 aromatic rings. The topological polar surface area (TPSA) is 39.1 Å². The number of methoxy groups -OCH3 is 1. The number of unbranched alkanes of at least 4 members (excludes halogenated alkanes) is 3. The average molecular weight is 253 g/mol. The van der Waals surface area contributed by atoms with E-state index in [1.165, 1.54) is 31.4 Å². The highest BCUT2D eigenvalue weighted by atomic mass is 16.5. The van der Waals surface area contributed by atoms with Gasteiger partial charge in [0.2, 0.25) is 0 Å². The van der Waals surface area contributed by atoms with E-state index < -0.39 is 0 Å². The third kappa shape index (κ3) is 3.73. The fourth-order valence-corrected chi connectivity index (χ4v) is 2.33. The highest BCUT2D eigenvalue weighted by Gasteiger charge is 2.19. The molecule has 4 nitrogen and oxygen atoms in total. The second-order valence-electron chi connectivity index (χ2n) is 4.60. The maximum atomic E-state index is 5.41. The number of ether oxygens (including phenoxy) is 1. The molecule has 0 saturated heterocycles. The molecule has 1 rings (SSSR count). The molecule has 0 amide bonds. The van der Waals surface area contributed by atoms with Gasteiger partial charge in [0.25, 0.3) is 0 Å². The number of nitrogens with one attached hydrogen (secondary N) is 1. The summed E-state index contributed by atoms with van der Waals surface area (Å²) in [6.07, 6.45) is 8.10. The number of nitrogens with zero attached hydrogens (tertiary/aromatic N) is 2. The van der Waals surface area contributed by atoms with Crippen molar-refractivity contribution < 1.29 is 4.74 Å². The lowest BCUT2D eigenvalue weighted by molar-refractivity contribution is 0.387. The van der Waals surface area contributed by atoms with Gasteiger partial charge in [-0.25, -0.2) is 0 Å². The van der Waals surface area contributed by atoms with Gasteiger partial charge in [0.05, 0.1) is 25.0 Å². The number of hydrogen-bond donors (Lipinski definition) is 1. The van der Waals surface area contributed by atoms with Gasteiger partial charge in [0, 0.05) is 6.54 Å². The quantitative estimate of drug-likeness (QED) is 0.687. The molecule has 0 aromatic carbocycles. The Morgan fingerprint density at radius 1 is 1.33 bits per heavy atom. The number of rotatable bonds is 9. The van der Waals surface area contributed by atoms with E-state index in [1.807, 2.05) is 17.9 Å². The van der Waals surface area contributed by atoms with Crippen LogP contribution >= 0.6 is 0 Å². The van der Waals surface area contributed by atoms with Crippen molar-refractivity contribution >= 4 is 0 Å². The van der Waals surface area contributed by atoms with Crippen LogP contribution < -0.4 is 10.1 Å². The third-order valence-corrected chi connectivity index (χ3v) is 3.39. The molecule has 0 radical (unpaired) electrons. The molecule has 4 heteroatoms. The molecule has 0 saturated carbocycles. The van der Waals surface area contributed by atoms with Crippen molar-refractivity contribution in [2.45, 2.75) is 58.5 Å². The first-order chi connectivity index (χ1) is 8.78. The van der Waals surface area contributed by atoms with Crippen LogP contribution in [0.4, 0.5) is 0 Å². The smallest absolute Gasteiger partial charge is 0.161 e. The lowest BCUT2D eigenvalue weighted by atomic mass is 10.0. The normalized spacial score (nSPS) is 12.7. The largest absolute Gasteiger partial charge is 0.493 e. The van der Waals surface area contributed by atoms with Crippen LogP contribution in [0.1, 0.15) is 57.7 Å². The third-order valence-electron chi connectivity index (χ3n) is 3.39. The summed E-state index contributed by atoms with van der Waals surface area (Å²) in [5.41, 5.74) is 1.18. The summed E-state index contributed by atoms with van der Waals surface area (Å²) in [5.74, 6) is 0.895. The Morgan fingerprint density at radius 2 is 2.11 bits per heavy atom. The Bertz CT molecular complexity index is 314. The molecule has 1 unspecified atom stereocenters. The summed E-state index contributed by atoms with van der Waals surface area (Å²) in [6, 6.07) is 0.333. The van der Waals surface area contributed by atoms with E-state index in [9.17, 15) is 0 Å². The zero-order valence-electron chi connectivity index (χ0n) is 12.2. The van der Waals surface area contributed by atoms with Crippen molar-refractivity contribution in [2.75, 3.05) is 14.2 Å². The minimum atomic E-state index is 0.333. The number of aryl methyl sites for hydroxylation is 1. The molecule has 0 aliphatic rings. The molecule has 0 spiro atoms. The Balaban J connectivity index is 2.70. The fraction of sp³-hybridized carbons (Fsp3) is 0.786. The van der Waals surface area contributed by atoms with Crippen LogP contribution in [-0.2, 0) is 6.54 Å². The number of aromatic nitrogens is 2. The number of hydrogen-bond acceptors (Lipinski definition) is 3. The Labute approximate surface area is 111 Å². The summed E-state index contributed by atoms with van der Waals surface area (Å²) in [5, 5.41) is 7.76. The summed E-state index contributed by atoms with van der Waals surface area (Å²) in [7, 11) is 3.72. The van der Waals surface area contributed by atoms with Crippen LogP contribution in [0, 0.1) is 0 Å². The first kappa shape index (κ1) is 15.0. The molecule has 1 heterocycles. The maximum absolute atomic E-state index is 5.41.